The van der Waals surface area contributed by atoms with E-state index in [0.29, 0.717) is 0 Å². The number of benzene rings is 2. The van der Waals surface area contributed by atoms with Crippen molar-refractivity contribution in [1.82, 2.24) is 10.2 Å². The standard InChI is InChI=1S/C17H21N3O/c18-17(21)19-15-8-10-20(11-9-15)12-14-6-3-5-13-4-1-2-7-16(13)14/h1-7,15H,8-12H2,(H3,18,19,21). The van der Waals surface area contributed by atoms with Crippen molar-refractivity contribution in [2.75, 3.05) is 13.1 Å². The van der Waals surface area contributed by atoms with Gasteiger partial charge in [-0.3, -0.25) is 4.90 Å². The first-order valence-corrected chi connectivity index (χ1v) is 7.47. The average molecular weight is 283 g/mol. The van der Waals surface area contributed by atoms with Crippen LogP contribution in [0.3, 0.4) is 0 Å². The van der Waals surface area contributed by atoms with E-state index in [-0.39, 0.29) is 6.04 Å². The Bertz CT molecular complexity index is 627. The molecule has 1 aliphatic heterocycles. The van der Waals surface area contributed by atoms with Gasteiger partial charge in [-0.05, 0) is 29.2 Å². The summed E-state index contributed by atoms with van der Waals surface area (Å²) in [7, 11) is 0. The van der Waals surface area contributed by atoms with Gasteiger partial charge in [0.15, 0.2) is 0 Å². The van der Waals surface area contributed by atoms with Gasteiger partial charge in [-0.2, -0.15) is 0 Å². The summed E-state index contributed by atoms with van der Waals surface area (Å²) in [5, 5.41) is 5.43. The largest absolute Gasteiger partial charge is 0.352 e. The number of nitrogens with two attached hydrogens (primary N) is 1. The van der Waals surface area contributed by atoms with E-state index in [0.717, 1.165) is 32.5 Å². The summed E-state index contributed by atoms with van der Waals surface area (Å²) in [6, 6.07) is 14.8. The third kappa shape index (κ3) is 3.34. The Morgan fingerprint density at radius 2 is 1.86 bits per heavy atom. The SMILES string of the molecule is NC(=O)NC1CCN(Cc2cccc3ccccc23)CC1. The lowest BCUT2D eigenvalue weighted by Gasteiger charge is -2.32. The summed E-state index contributed by atoms with van der Waals surface area (Å²) < 4.78 is 0. The molecule has 0 spiro atoms. The molecule has 0 saturated carbocycles. The zero-order chi connectivity index (χ0) is 14.7. The van der Waals surface area contributed by atoms with Gasteiger partial charge in [0.1, 0.15) is 0 Å². The molecule has 21 heavy (non-hydrogen) atoms. The zero-order valence-corrected chi connectivity index (χ0v) is 12.1. The van der Waals surface area contributed by atoms with E-state index < -0.39 is 6.03 Å². The Labute approximate surface area is 124 Å². The van der Waals surface area contributed by atoms with Crippen molar-refractivity contribution in [2.45, 2.75) is 25.4 Å². The second-order valence-electron chi connectivity index (χ2n) is 5.70. The molecule has 110 valence electrons. The van der Waals surface area contributed by atoms with Crippen molar-refractivity contribution in [3.8, 4) is 0 Å². The molecule has 0 aromatic heterocycles. The number of urea groups is 1. The van der Waals surface area contributed by atoms with Gasteiger partial charge in [-0.25, -0.2) is 4.79 Å². The first-order chi connectivity index (χ1) is 10.2. The number of rotatable bonds is 3. The Kier molecular flexibility index (Phi) is 4.06. The number of hydrogen-bond acceptors (Lipinski definition) is 2. The Morgan fingerprint density at radius 3 is 2.62 bits per heavy atom. The summed E-state index contributed by atoms with van der Waals surface area (Å²) in [6.07, 6.45) is 1.93. The summed E-state index contributed by atoms with van der Waals surface area (Å²) in [5.74, 6) is 0. The Morgan fingerprint density at radius 1 is 1.14 bits per heavy atom. The van der Waals surface area contributed by atoms with Gasteiger partial charge in [-0.1, -0.05) is 42.5 Å². The van der Waals surface area contributed by atoms with E-state index in [2.05, 4.69) is 52.7 Å². The Hall–Kier alpha value is -2.07. The number of likely N-dealkylation sites (tertiary alicyclic amines) is 1. The first kappa shape index (κ1) is 13.9. The molecular formula is C17H21N3O. The third-order valence-electron chi connectivity index (χ3n) is 4.21. The lowest BCUT2D eigenvalue weighted by Crippen LogP contribution is -2.46. The molecule has 1 fully saturated rings. The van der Waals surface area contributed by atoms with E-state index >= 15 is 0 Å². The van der Waals surface area contributed by atoms with Gasteiger partial charge < -0.3 is 11.1 Å². The minimum atomic E-state index is -0.414. The molecule has 4 nitrogen and oxygen atoms in total. The number of carbonyl (C=O) groups excluding carboxylic acids is 1. The van der Waals surface area contributed by atoms with Gasteiger partial charge in [0.2, 0.25) is 0 Å². The van der Waals surface area contributed by atoms with E-state index in [4.69, 9.17) is 5.73 Å². The number of piperidine rings is 1. The van der Waals surface area contributed by atoms with Gasteiger partial charge in [0.25, 0.3) is 0 Å². The van der Waals surface area contributed by atoms with Crippen LogP contribution < -0.4 is 11.1 Å². The minimum Gasteiger partial charge on any atom is -0.352 e. The highest BCUT2D eigenvalue weighted by atomic mass is 16.2. The first-order valence-electron chi connectivity index (χ1n) is 7.47. The fourth-order valence-electron chi connectivity index (χ4n) is 3.11. The van der Waals surface area contributed by atoms with Gasteiger partial charge >= 0.3 is 6.03 Å². The summed E-state index contributed by atoms with van der Waals surface area (Å²) in [5.41, 5.74) is 6.55. The number of nitrogens with one attached hydrogen (secondary N) is 1. The van der Waals surface area contributed by atoms with Crippen LogP contribution in [0, 0.1) is 0 Å². The number of amides is 2. The normalized spacial score (nSPS) is 17.0. The number of nitrogens with zero attached hydrogens (tertiary/aromatic N) is 1. The molecule has 3 rings (SSSR count). The van der Waals surface area contributed by atoms with Crippen LogP contribution in [0.1, 0.15) is 18.4 Å². The predicted molar refractivity (Wildman–Crippen MR) is 85.0 cm³/mol. The fourth-order valence-corrected chi connectivity index (χ4v) is 3.11. The second-order valence-corrected chi connectivity index (χ2v) is 5.70. The van der Waals surface area contributed by atoms with Crippen LogP contribution in [-0.4, -0.2) is 30.1 Å². The fraction of sp³-hybridized carbons (Fsp3) is 0.353. The van der Waals surface area contributed by atoms with Crippen LogP contribution in [-0.2, 0) is 6.54 Å². The Balaban J connectivity index is 1.66. The van der Waals surface area contributed by atoms with Crippen molar-refractivity contribution >= 4 is 16.8 Å². The number of carbonyl (C=O) groups is 1. The van der Waals surface area contributed by atoms with Crippen molar-refractivity contribution in [3.63, 3.8) is 0 Å². The molecule has 1 saturated heterocycles. The highest BCUT2D eigenvalue weighted by molar-refractivity contribution is 5.85. The molecule has 1 aliphatic rings. The van der Waals surface area contributed by atoms with Crippen LogP contribution >= 0.6 is 0 Å². The predicted octanol–water partition coefficient (Wildman–Crippen LogP) is 2.47. The van der Waals surface area contributed by atoms with E-state index in [1.165, 1.54) is 16.3 Å². The highest BCUT2D eigenvalue weighted by Crippen LogP contribution is 2.21. The summed E-state index contributed by atoms with van der Waals surface area (Å²) in [4.78, 5) is 13.3. The van der Waals surface area contributed by atoms with Crippen LogP contribution in [0.15, 0.2) is 42.5 Å². The van der Waals surface area contributed by atoms with Gasteiger partial charge in [-0.15, -0.1) is 0 Å². The molecule has 0 radical (unpaired) electrons. The topological polar surface area (TPSA) is 58.4 Å². The lowest BCUT2D eigenvalue weighted by atomic mass is 10.0. The van der Waals surface area contributed by atoms with Crippen LogP contribution in [0.2, 0.25) is 0 Å². The lowest BCUT2D eigenvalue weighted by molar-refractivity contribution is 0.189. The maximum atomic E-state index is 10.9. The molecule has 2 aromatic rings. The molecule has 0 unspecified atom stereocenters. The minimum absolute atomic E-state index is 0.228. The van der Waals surface area contributed by atoms with Gasteiger partial charge in [0.05, 0.1) is 0 Å². The zero-order valence-electron chi connectivity index (χ0n) is 12.1. The van der Waals surface area contributed by atoms with Crippen molar-refractivity contribution in [3.05, 3.63) is 48.0 Å². The van der Waals surface area contributed by atoms with Crippen molar-refractivity contribution < 1.29 is 4.79 Å². The maximum absolute atomic E-state index is 10.9. The van der Waals surface area contributed by atoms with Crippen LogP contribution in [0.25, 0.3) is 10.8 Å². The quantitative estimate of drug-likeness (QED) is 0.909. The van der Waals surface area contributed by atoms with Crippen molar-refractivity contribution in [1.29, 1.82) is 0 Å². The molecule has 3 N–H and O–H groups in total. The molecule has 1 heterocycles. The number of primary amides is 1. The van der Waals surface area contributed by atoms with E-state index in [9.17, 15) is 4.79 Å². The van der Waals surface area contributed by atoms with E-state index in [1.54, 1.807) is 0 Å². The number of fused-ring (bicyclic) bond motifs is 1. The smallest absolute Gasteiger partial charge is 0.312 e. The van der Waals surface area contributed by atoms with E-state index in [1.807, 2.05) is 0 Å². The second kappa shape index (κ2) is 6.14. The molecule has 2 aromatic carbocycles. The summed E-state index contributed by atoms with van der Waals surface area (Å²) in [6.45, 7) is 2.95. The molecule has 0 atom stereocenters. The maximum Gasteiger partial charge on any atom is 0.312 e. The van der Waals surface area contributed by atoms with Crippen LogP contribution in [0.4, 0.5) is 4.79 Å². The monoisotopic (exact) mass is 283 g/mol. The van der Waals surface area contributed by atoms with Crippen molar-refractivity contribution in [2.24, 2.45) is 5.73 Å². The van der Waals surface area contributed by atoms with Gasteiger partial charge in [0, 0.05) is 25.7 Å². The molecule has 2 amide bonds. The molecular weight excluding hydrogens is 262 g/mol. The highest BCUT2D eigenvalue weighted by Gasteiger charge is 2.20. The molecule has 0 bridgehead atoms. The molecule has 4 heteroatoms. The summed E-state index contributed by atoms with van der Waals surface area (Å²) >= 11 is 0. The third-order valence-corrected chi connectivity index (χ3v) is 4.21. The van der Waals surface area contributed by atoms with Crippen LogP contribution in [0.5, 0.6) is 0 Å². The average Bonchev–Trinajstić information content (AvgIpc) is 2.49. The molecule has 0 aliphatic carbocycles. The number of hydrogen-bond donors (Lipinski definition) is 2.